The van der Waals surface area contributed by atoms with E-state index in [0.29, 0.717) is 0 Å². The number of hydrogen-bond acceptors (Lipinski definition) is 2. The van der Waals surface area contributed by atoms with Gasteiger partial charge in [-0.25, -0.2) is 4.99 Å². The van der Waals surface area contributed by atoms with Crippen LogP contribution in [0.3, 0.4) is 0 Å². The summed E-state index contributed by atoms with van der Waals surface area (Å²) in [7, 11) is 0. The lowest BCUT2D eigenvalue weighted by Gasteiger charge is -2.08. The topological polar surface area (TPSA) is 21.6 Å². The van der Waals surface area contributed by atoms with Gasteiger partial charge in [0, 0.05) is 0 Å². The van der Waals surface area contributed by atoms with Gasteiger partial charge in [-0.3, -0.25) is 0 Å². The van der Waals surface area contributed by atoms with Gasteiger partial charge in [0.2, 0.25) is 0 Å². The molecule has 2 nitrogen and oxygen atoms in total. The van der Waals surface area contributed by atoms with E-state index in [-0.39, 0.29) is 6.61 Å². The van der Waals surface area contributed by atoms with Crippen molar-refractivity contribution < 1.29 is 17.9 Å². The average molecular weight is 139 g/mol. The minimum absolute atomic E-state index is 0.372. The molecule has 9 heavy (non-hydrogen) atoms. The fourth-order valence-electron chi connectivity index (χ4n) is 0.473. The molecule has 0 N–H and O–H groups in total. The van der Waals surface area contributed by atoms with Gasteiger partial charge in [0.1, 0.15) is 6.61 Å². The standard InChI is InChI=1S/C4H4F3NO/c5-4(6,7)3-1-9-2-8-3/h2-3H,1H2/t3-/m1/s1. The van der Waals surface area contributed by atoms with Crippen molar-refractivity contribution in [2.45, 2.75) is 12.2 Å². The molecule has 5 heteroatoms. The number of nitrogens with zero attached hydrogens (tertiary/aromatic N) is 1. The Kier molecular flexibility index (Phi) is 1.34. The molecule has 0 radical (unpaired) electrons. The minimum Gasteiger partial charge on any atom is -0.481 e. The van der Waals surface area contributed by atoms with Crippen LogP contribution < -0.4 is 0 Å². The molecule has 0 aromatic rings. The maximum absolute atomic E-state index is 11.6. The third kappa shape index (κ3) is 1.34. The number of ether oxygens (including phenoxy) is 1. The third-order valence-electron chi connectivity index (χ3n) is 0.947. The van der Waals surface area contributed by atoms with Crippen LogP contribution in [0.1, 0.15) is 0 Å². The first kappa shape index (κ1) is 6.38. The Bertz CT molecular complexity index is 130. The first-order chi connectivity index (χ1) is 4.11. The number of aliphatic imine (C=N–C) groups is 1. The summed E-state index contributed by atoms with van der Waals surface area (Å²) in [4.78, 5) is 3.03. The van der Waals surface area contributed by atoms with E-state index in [2.05, 4.69) is 9.73 Å². The van der Waals surface area contributed by atoms with Crippen molar-refractivity contribution in [2.24, 2.45) is 4.99 Å². The Labute approximate surface area is 49.3 Å². The molecular formula is C4H4F3NO. The molecule has 0 amide bonds. The largest absolute Gasteiger partial charge is 0.481 e. The van der Waals surface area contributed by atoms with Crippen LogP contribution in [0.4, 0.5) is 13.2 Å². The summed E-state index contributed by atoms with van der Waals surface area (Å²) in [5.41, 5.74) is 0. The summed E-state index contributed by atoms with van der Waals surface area (Å²) >= 11 is 0. The lowest BCUT2D eigenvalue weighted by molar-refractivity contribution is -0.148. The molecule has 0 saturated heterocycles. The molecule has 0 spiro atoms. The van der Waals surface area contributed by atoms with Crippen LogP contribution in [-0.2, 0) is 4.74 Å². The van der Waals surface area contributed by atoms with Gasteiger partial charge >= 0.3 is 6.18 Å². The number of hydrogen-bond donors (Lipinski definition) is 0. The first-order valence-corrected chi connectivity index (χ1v) is 2.30. The molecule has 0 aromatic heterocycles. The fraction of sp³-hybridized carbons (Fsp3) is 0.750. The van der Waals surface area contributed by atoms with Crippen LogP contribution in [0.25, 0.3) is 0 Å². The summed E-state index contributed by atoms with van der Waals surface area (Å²) in [5.74, 6) is 0. The summed E-state index contributed by atoms with van der Waals surface area (Å²) in [6.45, 7) is -0.372. The molecule has 1 rings (SSSR count). The average Bonchev–Trinajstić information content (AvgIpc) is 2.08. The van der Waals surface area contributed by atoms with Crippen molar-refractivity contribution in [3.05, 3.63) is 0 Å². The van der Waals surface area contributed by atoms with Gasteiger partial charge in [-0.2, -0.15) is 13.2 Å². The van der Waals surface area contributed by atoms with E-state index in [1.54, 1.807) is 0 Å². The second kappa shape index (κ2) is 1.89. The molecule has 0 unspecified atom stereocenters. The van der Waals surface area contributed by atoms with Crippen LogP contribution in [0, 0.1) is 0 Å². The second-order valence-corrected chi connectivity index (χ2v) is 1.65. The highest BCUT2D eigenvalue weighted by atomic mass is 19.4. The zero-order valence-corrected chi connectivity index (χ0v) is 4.35. The van der Waals surface area contributed by atoms with Gasteiger partial charge in [-0.15, -0.1) is 0 Å². The van der Waals surface area contributed by atoms with Gasteiger partial charge in [0.05, 0.1) is 0 Å². The molecular weight excluding hydrogens is 135 g/mol. The van der Waals surface area contributed by atoms with Crippen molar-refractivity contribution in [2.75, 3.05) is 6.61 Å². The smallest absolute Gasteiger partial charge is 0.414 e. The van der Waals surface area contributed by atoms with E-state index in [9.17, 15) is 13.2 Å². The summed E-state index contributed by atoms with van der Waals surface area (Å²) in [5, 5.41) is 0. The number of halogens is 3. The summed E-state index contributed by atoms with van der Waals surface area (Å²) in [6.07, 6.45) is -3.41. The van der Waals surface area contributed by atoms with Gasteiger partial charge in [0.15, 0.2) is 12.4 Å². The third-order valence-corrected chi connectivity index (χ3v) is 0.947. The quantitative estimate of drug-likeness (QED) is 0.490. The van der Waals surface area contributed by atoms with E-state index in [4.69, 9.17) is 0 Å². The van der Waals surface area contributed by atoms with Gasteiger partial charge in [-0.1, -0.05) is 0 Å². The van der Waals surface area contributed by atoms with Gasteiger partial charge in [-0.05, 0) is 0 Å². The Morgan fingerprint density at radius 3 is 2.44 bits per heavy atom. The highest BCUT2D eigenvalue weighted by Gasteiger charge is 2.41. The Balaban J connectivity index is 2.53. The monoisotopic (exact) mass is 139 g/mol. The SMILES string of the molecule is FC(F)(F)[C@H]1COC=N1. The van der Waals surface area contributed by atoms with Crippen LogP contribution in [0.5, 0.6) is 0 Å². The lowest BCUT2D eigenvalue weighted by Crippen LogP contribution is -2.27. The second-order valence-electron chi connectivity index (χ2n) is 1.65. The first-order valence-electron chi connectivity index (χ1n) is 2.30. The van der Waals surface area contributed by atoms with Crippen molar-refractivity contribution in [1.82, 2.24) is 0 Å². The van der Waals surface area contributed by atoms with E-state index in [1.165, 1.54) is 0 Å². The van der Waals surface area contributed by atoms with Gasteiger partial charge < -0.3 is 4.74 Å². The molecule has 1 aliphatic heterocycles. The minimum atomic E-state index is -4.24. The zero-order valence-electron chi connectivity index (χ0n) is 4.35. The Morgan fingerprint density at radius 1 is 1.56 bits per heavy atom. The Hall–Kier alpha value is -0.740. The highest BCUT2D eigenvalue weighted by Crippen LogP contribution is 2.24. The van der Waals surface area contributed by atoms with Crippen LogP contribution in [0.2, 0.25) is 0 Å². The van der Waals surface area contributed by atoms with Crippen molar-refractivity contribution in [1.29, 1.82) is 0 Å². The fourth-order valence-corrected chi connectivity index (χ4v) is 0.473. The van der Waals surface area contributed by atoms with Gasteiger partial charge in [0.25, 0.3) is 0 Å². The molecule has 0 fully saturated rings. The molecule has 0 aromatic carbocycles. The van der Waals surface area contributed by atoms with Crippen LogP contribution >= 0.6 is 0 Å². The highest BCUT2D eigenvalue weighted by molar-refractivity contribution is 5.49. The van der Waals surface area contributed by atoms with E-state index < -0.39 is 12.2 Å². The predicted octanol–water partition coefficient (Wildman–Crippen LogP) is 0.976. The Morgan fingerprint density at radius 2 is 2.22 bits per heavy atom. The molecule has 1 atom stereocenters. The lowest BCUT2D eigenvalue weighted by atomic mass is 10.3. The summed E-state index contributed by atoms with van der Waals surface area (Å²) in [6, 6.07) is -1.64. The van der Waals surface area contributed by atoms with E-state index in [1.807, 2.05) is 0 Å². The zero-order chi connectivity index (χ0) is 6.91. The molecule has 0 saturated carbocycles. The predicted molar refractivity (Wildman–Crippen MR) is 24.3 cm³/mol. The number of alkyl halides is 3. The maximum Gasteiger partial charge on any atom is 0.414 e. The van der Waals surface area contributed by atoms with Crippen molar-refractivity contribution in [3.8, 4) is 0 Å². The van der Waals surface area contributed by atoms with E-state index in [0.717, 1.165) is 6.40 Å². The van der Waals surface area contributed by atoms with Crippen molar-refractivity contribution >= 4 is 6.40 Å². The molecule has 1 heterocycles. The summed E-state index contributed by atoms with van der Waals surface area (Å²) < 4.78 is 39.0. The van der Waals surface area contributed by atoms with Crippen molar-refractivity contribution in [3.63, 3.8) is 0 Å². The maximum atomic E-state index is 11.6. The molecule has 0 aliphatic carbocycles. The molecule has 1 aliphatic rings. The van der Waals surface area contributed by atoms with E-state index >= 15 is 0 Å². The number of rotatable bonds is 0. The molecule has 52 valence electrons. The molecule has 0 bridgehead atoms. The normalized spacial score (nSPS) is 26.3. The van der Waals surface area contributed by atoms with Crippen LogP contribution in [-0.4, -0.2) is 25.2 Å². The van der Waals surface area contributed by atoms with Crippen LogP contribution in [0.15, 0.2) is 4.99 Å².